The van der Waals surface area contributed by atoms with Gasteiger partial charge in [0.05, 0.1) is 19.4 Å². The number of methoxy groups -OCH3 is 1. The Morgan fingerprint density at radius 1 is 1.11 bits per heavy atom. The van der Waals surface area contributed by atoms with Crippen LogP contribution in [0.3, 0.4) is 0 Å². The largest absolute Gasteiger partial charge is 0.495 e. The molecule has 4 rings (SSSR count). The lowest BCUT2D eigenvalue weighted by atomic mass is 10.0. The molecule has 0 aliphatic carbocycles. The van der Waals surface area contributed by atoms with Crippen LogP contribution in [0, 0.1) is 0 Å². The van der Waals surface area contributed by atoms with Crippen LogP contribution in [0.5, 0.6) is 5.75 Å². The predicted octanol–water partition coefficient (Wildman–Crippen LogP) is 3.04. The maximum absolute atomic E-state index is 11.9. The van der Waals surface area contributed by atoms with Gasteiger partial charge < -0.3 is 24.0 Å². The van der Waals surface area contributed by atoms with Gasteiger partial charge in [0.15, 0.2) is 12.5 Å². The fourth-order valence-electron chi connectivity index (χ4n) is 4.78. The molecule has 0 unspecified atom stereocenters. The van der Waals surface area contributed by atoms with Crippen molar-refractivity contribution in [1.29, 1.82) is 0 Å². The first kappa shape index (κ1) is 25.5. The Hall–Kier alpha value is -2.59. The summed E-state index contributed by atoms with van der Waals surface area (Å²) in [5, 5.41) is 5.36. The Labute approximate surface area is 208 Å². The molecule has 0 atom stereocenters. The molecule has 0 spiro atoms. The second-order valence-corrected chi connectivity index (χ2v) is 10.4. The van der Waals surface area contributed by atoms with E-state index in [9.17, 15) is 8.42 Å². The summed E-state index contributed by atoms with van der Waals surface area (Å²) in [5.74, 6) is 1.20. The second kappa shape index (κ2) is 11.4. The van der Waals surface area contributed by atoms with E-state index in [-0.39, 0.29) is 10.6 Å². The van der Waals surface area contributed by atoms with E-state index in [0.29, 0.717) is 26.0 Å². The minimum atomic E-state index is -3.84. The molecular formula is C26H35N3O5S. The van der Waals surface area contributed by atoms with E-state index < -0.39 is 10.0 Å². The van der Waals surface area contributed by atoms with Gasteiger partial charge >= 0.3 is 0 Å². The SMILES string of the molecule is CCOCC1=C(c2ccccc2)OCN1C1CCN(CCc2ccc(OC)c(S(N)(=O)=O)c2)CC1. The minimum absolute atomic E-state index is 0.0353. The first-order chi connectivity index (χ1) is 16.9. The van der Waals surface area contributed by atoms with E-state index in [1.807, 2.05) is 31.2 Å². The molecule has 2 aliphatic heterocycles. The van der Waals surface area contributed by atoms with Crippen LogP contribution < -0.4 is 9.88 Å². The van der Waals surface area contributed by atoms with E-state index in [0.717, 1.165) is 61.5 Å². The molecule has 2 N–H and O–H groups in total. The molecule has 1 fully saturated rings. The Kier molecular flexibility index (Phi) is 8.33. The average Bonchev–Trinajstić information content (AvgIpc) is 3.30. The number of piperidine rings is 1. The number of benzene rings is 2. The smallest absolute Gasteiger partial charge is 0.241 e. The normalized spacial score (nSPS) is 17.6. The number of hydrogen-bond acceptors (Lipinski definition) is 7. The number of nitrogens with zero attached hydrogens (tertiary/aromatic N) is 2. The lowest BCUT2D eigenvalue weighted by molar-refractivity contribution is 0.0717. The van der Waals surface area contributed by atoms with E-state index in [2.05, 4.69) is 21.9 Å². The number of primary sulfonamides is 1. The third kappa shape index (κ3) is 6.16. The van der Waals surface area contributed by atoms with Gasteiger partial charge in [0, 0.05) is 37.8 Å². The van der Waals surface area contributed by atoms with Crippen LogP contribution in [0.2, 0.25) is 0 Å². The van der Waals surface area contributed by atoms with Crippen LogP contribution in [0.1, 0.15) is 30.9 Å². The van der Waals surface area contributed by atoms with E-state index in [1.54, 1.807) is 12.1 Å². The third-order valence-electron chi connectivity index (χ3n) is 6.68. The maximum atomic E-state index is 11.9. The standard InChI is InChI=1S/C26H35N3O5S/c1-3-33-18-23-26(21-7-5-4-6-8-21)34-19-29(23)22-12-15-28(16-13-22)14-11-20-9-10-24(32-2)25(17-20)35(27,30)31/h4-10,17,22H,3,11-16,18-19H2,1-2H3,(H2,27,30,31). The first-order valence-electron chi connectivity index (χ1n) is 12.1. The zero-order valence-corrected chi connectivity index (χ0v) is 21.3. The molecular weight excluding hydrogens is 466 g/mol. The molecule has 9 heteroatoms. The third-order valence-corrected chi connectivity index (χ3v) is 7.62. The van der Waals surface area contributed by atoms with Gasteiger partial charge in [-0.1, -0.05) is 36.4 Å². The number of likely N-dealkylation sites (tertiary alicyclic amines) is 1. The highest BCUT2D eigenvalue weighted by Crippen LogP contribution is 2.33. The summed E-state index contributed by atoms with van der Waals surface area (Å²) in [6, 6.07) is 15.8. The van der Waals surface area contributed by atoms with Crippen LogP contribution in [-0.4, -0.2) is 70.9 Å². The summed E-state index contributed by atoms with van der Waals surface area (Å²) in [4.78, 5) is 4.84. The second-order valence-electron chi connectivity index (χ2n) is 8.88. The van der Waals surface area contributed by atoms with E-state index >= 15 is 0 Å². The highest BCUT2D eigenvalue weighted by Gasteiger charge is 2.33. The predicted molar refractivity (Wildman–Crippen MR) is 135 cm³/mol. The summed E-state index contributed by atoms with van der Waals surface area (Å²) in [6.45, 7) is 6.58. The van der Waals surface area contributed by atoms with Gasteiger partial charge in [-0.05, 0) is 43.9 Å². The average molecular weight is 502 g/mol. The molecule has 35 heavy (non-hydrogen) atoms. The van der Waals surface area contributed by atoms with Gasteiger partial charge in [-0.3, -0.25) is 0 Å². The molecule has 0 bridgehead atoms. The van der Waals surface area contributed by atoms with Crippen molar-refractivity contribution >= 4 is 15.8 Å². The number of rotatable bonds is 10. The summed E-state index contributed by atoms with van der Waals surface area (Å²) >= 11 is 0. The molecule has 0 amide bonds. The lowest BCUT2D eigenvalue weighted by Crippen LogP contribution is -2.44. The number of nitrogens with two attached hydrogens (primary N) is 1. The van der Waals surface area contributed by atoms with Crippen molar-refractivity contribution in [2.75, 3.05) is 46.7 Å². The van der Waals surface area contributed by atoms with Crippen LogP contribution in [-0.2, 0) is 25.9 Å². The topological polar surface area (TPSA) is 94.3 Å². The van der Waals surface area contributed by atoms with E-state index in [4.69, 9.17) is 19.3 Å². The van der Waals surface area contributed by atoms with Crippen LogP contribution in [0.25, 0.3) is 5.76 Å². The van der Waals surface area contributed by atoms with Gasteiger partial charge in [-0.2, -0.15) is 0 Å². The highest BCUT2D eigenvalue weighted by molar-refractivity contribution is 7.89. The van der Waals surface area contributed by atoms with Crippen molar-refractivity contribution < 1.29 is 22.6 Å². The van der Waals surface area contributed by atoms with Crippen LogP contribution in [0.4, 0.5) is 0 Å². The van der Waals surface area contributed by atoms with Crippen LogP contribution in [0.15, 0.2) is 59.1 Å². The van der Waals surface area contributed by atoms with Crippen molar-refractivity contribution in [2.45, 2.75) is 37.1 Å². The van der Waals surface area contributed by atoms with Gasteiger partial charge in [0.25, 0.3) is 0 Å². The highest BCUT2D eigenvalue weighted by atomic mass is 32.2. The van der Waals surface area contributed by atoms with Gasteiger partial charge in [-0.15, -0.1) is 0 Å². The summed E-state index contributed by atoms with van der Waals surface area (Å²) in [6.07, 6.45) is 2.82. The monoisotopic (exact) mass is 501 g/mol. The van der Waals surface area contributed by atoms with Crippen LogP contribution >= 0.6 is 0 Å². The molecule has 190 valence electrons. The molecule has 2 aliphatic rings. The first-order valence-corrected chi connectivity index (χ1v) is 13.6. The zero-order chi connectivity index (χ0) is 24.8. The molecule has 2 aromatic carbocycles. The quantitative estimate of drug-likeness (QED) is 0.535. The number of hydrogen-bond donors (Lipinski definition) is 1. The van der Waals surface area contributed by atoms with Crippen molar-refractivity contribution in [3.63, 3.8) is 0 Å². The molecule has 8 nitrogen and oxygen atoms in total. The Morgan fingerprint density at radius 3 is 2.51 bits per heavy atom. The fourth-order valence-corrected chi connectivity index (χ4v) is 5.53. The summed E-state index contributed by atoms with van der Waals surface area (Å²) in [7, 11) is -2.39. The Balaban J connectivity index is 1.37. The van der Waals surface area contributed by atoms with Crippen molar-refractivity contribution in [3.05, 3.63) is 65.4 Å². The summed E-state index contributed by atoms with van der Waals surface area (Å²) < 4.78 is 40.9. The maximum Gasteiger partial charge on any atom is 0.241 e. The summed E-state index contributed by atoms with van der Waals surface area (Å²) in [5.41, 5.74) is 3.14. The van der Waals surface area contributed by atoms with Gasteiger partial charge in [-0.25, -0.2) is 13.6 Å². The molecule has 0 aromatic heterocycles. The van der Waals surface area contributed by atoms with Crippen molar-refractivity contribution in [3.8, 4) is 5.75 Å². The van der Waals surface area contributed by atoms with E-state index in [1.165, 1.54) is 7.11 Å². The van der Waals surface area contributed by atoms with Crippen molar-refractivity contribution in [1.82, 2.24) is 9.80 Å². The zero-order valence-electron chi connectivity index (χ0n) is 20.5. The lowest BCUT2D eigenvalue weighted by Gasteiger charge is -2.37. The molecule has 0 radical (unpaired) electrons. The minimum Gasteiger partial charge on any atom is -0.495 e. The number of ether oxygens (including phenoxy) is 3. The Morgan fingerprint density at radius 2 is 1.86 bits per heavy atom. The van der Waals surface area contributed by atoms with Crippen molar-refractivity contribution in [2.24, 2.45) is 5.14 Å². The molecule has 1 saturated heterocycles. The molecule has 2 heterocycles. The molecule has 2 aromatic rings. The molecule has 0 saturated carbocycles. The number of sulfonamides is 1. The fraction of sp³-hybridized carbons (Fsp3) is 0.462. The van der Waals surface area contributed by atoms with Gasteiger partial charge in [0.1, 0.15) is 10.6 Å². The van der Waals surface area contributed by atoms with Gasteiger partial charge in [0.2, 0.25) is 10.0 Å². The Bertz CT molecular complexity index is 1130.